The Labute approximate surface area is 148 Å². The van der Waals surface area contributed by atoms with Crippen LogP contribution in [0.2, 0.25) is 0 Å². The minimum atomic E-state index is -0.337. The van der Waals surface area contributed by atoms with Crippen LogP contribution in [0, 0.1) is 13.8 Å². The Morgan fingerprint density at radius 2 is 1.76 bits per heavy atom. The molecule has 2 aromatic carbocycles. The highest BCUT2D eigenvalue weighted by Crippen LogP contribution is 2.28. The number of nitrogens with one attached hydrogen (secondary N) is 2. The molecule has 0 aliphatic rings. The minimum Gasteiger partial charge on any atom is -0.497 e. The van der Waals surface area contributed by atoms with Crippen LogP contribution >= 0.6 is 0 Å². The Balaban J connectivity index is 1.83. The van der Waals surface area contributed by atoms with Crippen molar-refractivity contribution >= 4 is 11.7 Å². The van der Waals surface area contributed by atoms with E-state index in [4.69, 9.17) is 14.2 Å². The van der Waals surface area contributed by atoms with Gasteiger partial charge in [-0.15, -0.1) is 0 Å². The number of benzene rings is 2. The second-order valence-electron chi connectivity index (χ2n) is 5.56. The van der Waals surface area contributed by atoms with Crippen LogP contribution in [-0.2, 0) is 0 Å². The van der Waals surface area contributed by atoms with Gasteiger partial charge in [0.15, 0.2) is 0 Å². The first kappa shape index (κ1) is 18.4. The zero-order valence-electron chi connectivity index (χ0n) is 15.0. The fraction of sp³-hybridized carbons (Fsp3) is 0.316. The highest BCUT2D eigenvalue weighted by atomic mass is 16.5. The zero-order valence-corrected chi connectivity index (χ0v) is 15.0. The third-order valence-electron chi connectivity index (χ3n) is 3.63. The van der Waals surface area contributed by atoms with Crippen molar-refractivity contribution in [2.75, 3.05) is 32.7 Å². The van der Waals surface area contributed by atoms with Crippen LogP contribution in [0.3, 0.4) is 0 Å². The number of ether oxygens (including phenoxy) is 3. The normalized spacial score (nSPS) is 10.1. The Hall–Kier alpha value is -2.89. The van der Waals surface area contributed by atoms with Crippen LogP contribution in [0.1, 0.15) is 11.1 Å². The van der Waals surface area contributed by atoms with E-state index >= 15 is 0 Å². The lowest BCUT2D eigenvalue weighted by Crippen LogP contribution is -2.32. The Kier molecular flexibility index (Phi) is 6.51. The summed E-state index contributed by atoms with van der Waals surface area (Å²) in [5.41, 5.74) is 2.80. The van der Waals surface area contributed by atoms with Crippen LogP contribution in [-0.4, -0.2) is 33.4 Å². The molecule has 0 saturated heterocycles. The number of hydrogen-bond donors (Lipinski definition) is 2. The monoisotopic (exact) mass is 344 g/mol. The fourth-order valence-corrected chi connectivity index (χ4v) is 2.37. The van der Waals surface area contributed by atoms with Gasteiger partial charge in [-0.05, 0) is 37.6 Å². The SMILES string of the molecule is COc1ccc(OC)c(NC(=O)NCCOc2ccc(C)cc2C)c1. The molecule has 25 heavy (non-hydrogen) atoms. The molecule has 6 nitrogen and oxygen atoms in total. The number of carbonyl (C=O) groups excluding carboxylic acids is 1. The smallest absolute Gasteiger partial charge is 0.319 e. The molecule has 0 aliphatic heterocycles. The molecule has 2 N–H and O–H groups in total. The summed E-state index contributed by atoms with van der Waals surface area (Å²) in [6.07, 6.45) is 0. The first-order valence-electron chi connectivity index (χ1n) is 8.00. The predicted molar refractivity (Wildman–Crippen MR) is 98.0 cm³/mol. The average Bonchev–Trinajstić information content (AvgIpc) is 2.60. The number of methoxy groups -OCH3 is 2. The number of amides is 2. The van der Waals surface area contributed by atoms with Crippen molar-refractivity contribution in [3.8, 4) is 17.2 Å². The second kappa shape index (κ2) is 8.82. The predicted octanol–water partition coefficient (Wildman–Crippen LogP) is 3.52. The summed E-state index contributed by atoms with van der Waals surface area (Å²) < 4.78 is 16.1. The van der Waals surface area contributed by atoms with Crippen molar-refractivity contribution in [3.05, 3.63) is 47.5 Å². The molecule has 2 amide bonds. The lowest BCUT2D eigenvalue weighted by atomic mass is 10.1. The van der Waals surface area contributed by atoms with Gasteiger partial charge < -0.3 is 24.8 Å². The van der Waals surface area contributed by atoms with Gasteiger partial charge in [-0.2, -0.15) is 0 Å². The molecular formula is C19H24N2O4. The maximum Gasteiger partial charge on any atom is 0.319 e. The van der Waals surface area contributed by atoms with Gasteiger partial charge in [0.05, 0.1) is 26.5 Å². The maximum atomic E-state index is 12.0. The van der Waals surface area contributed by atoms with Crippen LogP contribution in [0.5, 0.6) is 17.2 Å². The average molecular weight is 344 g/mol. The van der Waals surface area contributed by atoms with Crippen molar-refractivity contribution in [2.24, 2.45) is 0 Å². The summed E-state index contributed by atoms with van der Waals surface area (Å²) >= 11 is 0. The van der Waals surface area contributed by atoms with E-state index in [9.17, 15) is 4.79 Å². The van der Waals surface area contributed by atoms with Crippen molar-refractivity contribution in [2.45, 2.75) is 13.8 Å². The highest BCUT2D eigenvalue weighted by molar-refractivity contribution is 5.91. The summed E-state index contributed by atoms with van der Waals surface area (Å²) in [6.45, 7) is 4.80. The number of aryl methyl sites for hydroxylation is 2. The first-order chi connectivity index (χ1) is 12.0. The number of rotatable bonds is 7. The van der Waals surface area contributed by atoms with Gasteiger partial charge in [-0.3, -0.25) is 0 Å². The second-order valence-corrected chi connectivity index (χ2v) is 5.56. The van der Waals surface area contributed by atoms with Crippen molar-refractivity contribution in [3.63, 3.8) is 0 Å². The third kappa shape index (κ3) is 5.31. The molecule has 2 rings (SSSR count). The summed E-state index contributed by atoms with van der Waals surface area (Å²) in [6, 6.07) is 10.9. The van der Waals surface area contributed by atoms with Gasteiger partial charge in [0.25, 0.3) is 0 Å². The molecule has 0 atom stereocenters. The Morgan fingerprint density at radius 3 is 2.44 bits per heavy atom. The van der Waals surface area contributed by atoms with Gasteiger partial charge in [-0.1, -0.05) is 17.7 Å². The van der Waals surface area contributed by atoms with Crippen LogP contribution in [0.15, 0.2) is 36.4 Å². The largest absolute Gasteiger partial charge is 0.497 e. The molecule has 0 saturated carbocycles. The van der Waals surface area contributed by atoms with Gasteiger partial charge in [0.1, 0.15) is 23.9 Å². The van der Waals surface area contributed by atoms with Crippen molar-refractivity contribution < 1.29 is 19.0 Å². The van der Waals surface area contributed by atoms with E-state index in [2.05, 4.69) is 16.7 Å². The number of anilines is 1. The molecule has 0 fully saturated rings. The van der Waals surface area contributed by atoms with E-state index in [-0.39, 0.29) is 6.03 Å². The minimum absolute atomic E-state index is 0.337. The number of urea groups is 1. The lowest BCUT2D eigenvalue weighted by molar-refractivity contribution is 0.247. The van der Waals surface area contributed by atoms with E-state index < -0.39 is 0 Å². The summed E-state index contributed by atoms with van der Waals surface area (Å²) in [7, 11) is 3.11. The molecule has 0 radical (unpaired) electrons. The van der Waals surface area contributed by atoms with Gasteiger partial charge in [-0.25, -0.2) is 4.79 Å². The van der Waals surface area contributed by atoms with Crippen LogP contribution in [0.4, 0.5) is 10.5 Å². The van der Waals surface area contributed by atoms with Crippen molar-refractivity contribution in [1.82, 2.24) is 5.32 Å². The zero-order chi connectivity index (χ0) is 18.2. The molecule has 134 valence electrons. The molecule has 0 unspecified atom stereocenters. The molecule has 0 spiro atoms. The van der Waals surface area contributed by atoms with E-state index in [1.165, 1.54) is 5.56 Å². The van der Waals surface area contributed by atoms with Crippen LogP contribution in [0.25, 0.3) is 0 Å². The fourth-order valence-electron chi connectivity index (χ4n) is 2.37. The summed E-state index contributed by atoms with van der Waals surface area (Å²) in [4.78, 5) is 12.0. The molecule has 0 bridgehead atoms. The topological polar surface area (TPSA) is 68.8 Å². The first-order valence-corrected chi connectivity index (χ1v) is 8.00. The molecule has 0 heterocycles. The van der Waals surface area contributed by atoms with E-state index in [1.807, 2.05) is 26.0 Å². The standard InChI is InChI=1S/C19H24N2O4/c1-13-5-7-17(14(2)11-13)25-10-9-20-19(22)21-16-12-15(23-3)6-8-18(16)24-4/h5-8,11-12H,9-10H2,1-4H3,(H2,20,21,22). The Bertz CT molecular complexity index is 731. The number of carbonyl (C=O) groups is 1. The quantitative estimate of drug-likeness (QED) is 0.754. The van der Waals surface area contributed by atoms with Crippen molar-refractivity contribution in [1.29, 1.82) is 0 Å². The molecule has 2 aromatic rings. The Morgan fingerprint density at radius 1 is 1.00 bits per heavy atom. The molecule has 0 aromatic heterocycles. The summed E-state index contributed by atoms with van der Waals surface area (Å²) in [5.74, 6) is 2.01. The third-order valence-corrected chi connectivity index (χ3v) is 3.63. The van der Waals surface area contributed by atoms with Gasteiger partial charge in [0, 0.05) is 6.07 Å². The van der Waals surface area contributed by atoms with E-state index in [0.29, 0.717) is 30.3 Å². The maximum absolute atomic E-state index is 12.0. The molecule has 0 aliphatic carbocycles. The van der Waals surface area contributed by atoms with Gasteiger partial charge in [0.2, 0.25) is 0 Å². The number of hydrogen-bond acceptors (Lipinski definition) is 4. The van der Waals surface area contributed by atoms with Gasteiger partial charge >= 0.3 is 6.03 Å². The highest BCUT2D eigenvalue weighted by Gasteiger charge is 2.09. The van der Waals surface area contributed by atoms with Crippen LogP contribution < -0.4 is 24.8 Å². The lowest BCUT2D eigenvalue weighted by Gasteiger charge is -2.13. The van der Waals surface area contributed by atoms with E-state index in [0.717, 1.165) is 11.3 Å². The van der Waals surface area contributed by atoms with E-state index in [1.54, 1.807) is 32.4 Å². The molecular weight excluding hydrogens is 320 g/mol. The molecule has 6 heteroatoms. The summed E-state index contributed by atoms with van der Waals surface area (Å²) in [5, 5.41) is 5.49.